The van der Waals surface area contributed by atoms with Gasteiger partial charge in [-0.1, -0.05) is 34.1 Å². The standard InChI is InChI=1S/C23H28BrFN4O2/c1-17-13-19(24)7-8-21(17)26-22(30)15-27(2)16-23(31)29-11-9-28(10-12-29)14-18-5-3-4-6-20(18)25/h3-8,13H,9-12,14-16H2,1-2H3,(H,26,30). The summed E-state index contributed by atoms with van der Waals surface area (Å²) in [5.74, 6) is -0.352. The predicted molar refractivity (Wildman–Crippen MR) is 123 cm³/mol. The number of nitrogens with zero attached hydrogens (tertiary/aromatic N) is 3. The molecule has 0 aromatic heterocycles. The third-order valence-corrected chi connectivity index (χ3v) is 5.85. The molecule has 0 saturated carbocycles. The van der Waals surface area contributed by atoms with Crippen LogP contribution in [0.1, 0.15) is 11.1 Å². The Kier molecular flexibility index (Phi) is 8.17. The summed E-state index contributed by atoms with van der Waals surface area (Å²) in [6, 6.07) is 12.5. The van der Waals surface area contributed by atoms with Crippen LogP contribution in [0.3, 0.4) is 0 Å². The summed E-state index contributed by atoms with van der Waals surface area (Å²) < 4.78 is 14.8. The summed E-state index contributed by atoms with van der Waals surface area (Å²) >= 11 is 3.41. The van der Waals surface area contributed by atoms with Crippen molar-refractivity contribution in [1.82, 2.24) is 14.7 Å². The highest BCUT2D eigenvalue weighted by Gasteiger charge is 2.23. The van der Waals surface area contributed by atoms with Crippen LogP contribution in [0, 0.1) is 12.7 Å². The summed E-state index contributed by atoms with van der Waals surface area (Å²) in [4.78, 5) is 30.6. The van der Waals surface area contributed by atoms with Crippen molar-refractivity contribution in [2.45, 2.75) is 13.5 Å². The molecule has 31 heavy (non-hydrogen) atoms. The molecule has 1 aliphatic heterocycles. The van der Waals surface area contributed by atoms with Crippen molar-refractivity contribution in [1.29, 1.82) is 0 Å². The van der Waals surface area contributed by atoms with Gasteiger partial charge in [0.15, 0.2) is 0 Å². The number of likely N-dealkylation sites (N-methyl/N-ethyl adjacent to an activating group) is 1. The maximum atomic E-state index is 13.8. The van der Waals surface area contributed by atoms with E-state index in [0.717, 1.165) is 15.7 Å². The van der Waals surface area contributed by atoms with Crippen LogP contribution in [0.2, 0.25) is 0 Å². The highest BCUT2D eigenvalue weighted by atomic mass is 79.9. The van der Waals surface area contributed by atoms with E-state index in [2.05, 4.69) is 26.1 Å². The molecule has 0 unspecified atom stereocenters. The number of piperazine rings is 1. The first-order chi connectivity index (χ1) is 14.8. The van der Waals surface area contributed by atoms with E-state index in [4.69, 9.17) is 0 Å². The van der Waals surface area contributed by atoms with E-state index in [-0.39, 0.29) is 30.7 Å². The van der Waals surface area contributed by atoms with E-state index in [1.165, 1.54) is 6.07 Å². The van der Waals surface area contributed by atoms with E-state index in [1.807, 2.05) is 36.1 Å². The molecular weight excluding hydrogens is 463 g/mol. The van der Waals surface area contributed by atoms with Gasteiger partial charge in [-0.05, 0) is 43.8 Å². The van der Waals surface area contributed by atoms with Crippen molar-refractivity contribution in [3.8, 4) is 0 Å². The van der Waals surface area contributed by atoms with Crippen LogP contribution in [0.4, 0.5) is 10.1 Å². The summed E-state index contributed by atoms with van der Waals surface area (Å²) in [6.45, 7) is 5.40. The summed E-state index contributed by atoms with van der Waals surface area (Å²) in [6.07, 6.45) is 0. The molecular formula is C23H28BrFN4O2. The smallest absolute Gasteiger partial charge is 0.238 e. The Morgan fingerprint density at radius 2 is 1.81 bits per heavy atom. The zero-order valence-electron chi connectivity index (χ0n) is 17.9. The Morgan fingerprint density at radius 3 is 2.48 bits per heavy atom. The zero-order chi connectivity index (χ0) is 22.4. The number of anilines is 1. The molecule has 0 aliphatic carbocycles. The lowest BCUT2D eigenvalue weighted by Gasteiger charge is -2.35. The molecule has 2 aromatic carbocycles. The molecule has 0 spiro atoms. The van der Waals surface area contributed by atoms with Crippen molar-refractivity contribution in [3.63, 3.8) is 0 Å². The molecule has 2 aromatic rings. The van der Waals surface area contributed by atoms with Crippen LogP contribution in [-0.4, -0.2) is 72.8 Å². The minimum absolute atomic E-state index is 0.000615. The molecule has 1 aliphatic rings. The minimum atomic E-state index is -0.195. The second-order valence-electron chi connectivity index (χ2n) is 7.93. The summed E-state index contributed by atoms with van der Waals surface area (Å²) in [5.41, 5.74) is 2.41. The third-order valence-electron chi connectivity index (χ3n) is 5.36. The van der Waals surface area contributed by atoms with Crippen molar-refractivity contribution < 1.29 is 14.0 Å². The van der Waals surface area contributed by atoms with E-state index in [9.17, 15) is 14.0 Å². The van der Waals surface area contributed by atoms with Gasteiger partial charge < -0.3 is 10.2 Å². The highest BCUT2D eigenvalue weighted by Crippen LogP contribution is 2.20. The Morgan fingerprint density at radius 1 is 1.10 bits per heavy atom. The molecule has 1 fully saturated rings. The molecule has 0 atom stereocenters. The quantitative estimate of drug-likeness (QED) is 0.647. The van der Waals surface area contributed by atoms with E-state index >= 15 is 0 Å². The average Bonchev–Trinajstić information content (AvgIpc) is 2.72. The van der Waals surface area contributed by atoms with Gasteiger partial charge in [0.1, 0.15) is 5.82 Å². The Labute approximate surface area is 191 Å². The second kappa shape index (κ2) is 10.8. The fraction of sp³-hybridized carbons (Fsp3) is 0.391. The van der Waals surface area contributed by atoms with Gasteiger partial charge in [0, 0.05) is 48.4 Å². The van der Waals surface area contributed by atoms with Gasteiger partial charge in [-0.2, -0.15) is 0 Å². The predicted octanol–water partition coefficient (Wildman–Crippen LogP) is 3.11. The molecule has 2 amide bonds. The number of carbonyl (C=O) groups excluding carboxylic acids is 2. The number of nitrogens with one attached hydrogen (secondary N) is 1. The molecule has 8 heteroatoms. The number of carbonyl (C=O) groups is 2. The second-order valence-corrected chi connectivity index (χ2v) is 8.84. The molecule has 1 saturated heterocycles. The van der Waals surface area contributed by atoms with Crippen LogP contribution >= 0.6 is 15.9 Å². The van der Waals surface area contributed by atoms with Gasteiger partial charge in [0.2, 0.25) is 11.8 Å². The molecule has 0 radical (unpaired) electrons. The largest absolute Gasteiger partial charge is 0.339 e. The van der Waals surface area contributed by atoms with Crippen LogP contribution < -0.4 is 5.32 Å². The summed E-state index contributed by atoms with van der Waals surface area (Å²) in [5, 5.41) is 2.89. The van der Waals surface area contributed by atoms with Crippen LogP contribution in [0.25, 0.3) is 0 Å². The van der Waals surface area contributed by atoms with Crippen LogP contribution in [0.5, 0.6) is 0 Å². The SMILES string of the molecule is Cc1cc(Br)ccc1NC(=O)CN(C)CC(=O)N1CCN(Cc2ccccc2F)CC1. The Bertz CT molecular complexity index is 932. The average molecular weight is 491 g/mol. The lowest BCUT2D eigenvalue weighted by molar-refractivity contribution is -0.134. The number of rotatable bonds is 7. The first-order valence-corrected chi connectivity index (χ1v) is 11.1. The topological polar surface area (TPSA) is 55.9 Å². The monoisotopic (exact) mass is 490 g/mol. The normalized spacial score (nSPS) is 14.7. The van der Waals surface area contributed by atoms with Gasteiger partial charge in [0.05, 0.1) is 13.1 Å². The zero-order valence-corrected chi connectivity index (χ0v) is 19.5. The number of amides is 2. The maximum Gasteiger partial charge on any atom is 0.238 e. The van der Waals surface area contributed by atoms with Crippen molar-refractivity contribution in [2.75, 3.05) is 51.6 Å². The van der Waals surface area contributed by atoms with E-state index < -0.39 is 0 Å². The molecule has 6 nitrogen and oxygen atoms in total. The number of halogens is 2. The first kappa shape index (κ1) is 23.4. The molecule has 0 bridgehead atoms. The first-order valence-electron chi connectivity index (χ1n) is 10.3. The lowest BCUT2D eigenvalue weighted by Crippen LogP contribution is -2.51. The van der Waals surface area contributed by atoms with Crippen molar-refractivity contribution >= 4 is 33.4 Å². The Balaban J connectivity index is 1.41. The van der Waals surface area contributed by atoms with E-state index in [1.54, 1.807) is 24.1 Å². The van der Waals surface area contributed by atoms with Gasteiger partial charge >= 0.3 is 0 Å². The van der Waals surface area contributed by atoms with Crippen LogP contribution in [0.15, 0.2) is 46.9 Å². The minimum Gasteiger partial charge on any atom is -0.339 e. The van der Waals surface area contributed by atoms with Gasteiger partial charge in [-0.3, -0.25) is 19.4 Å². The third kappa shape index (κ3) is 6.85. The van der Waals surface area contributed by atoms with Crippen LogP contribution in [-0.2, 0) is 16.1 Å². The van der Waals surface area contributed by atoms with Gasteiger partial charge in [-0.15, -0.1) is 0 Å². The van der Waals surface area contributed by atoms with Crippen molar-refractivity contribution in [2.24, 2.45) is 0 Å². The molecule has 1 N–H and O–H groups in total. The molecule has 166 valence electrons. The number of hydrogen-bond donors (Lipinski definition) is 1. The maximum absolute atomic E-state index is 13.8. The lowest BCUT2D eigenvalue weighted by atomic mass is 10.2. The van der Waals surface area contributed by atoms with Gasteiger partial charge in [-0.25, -0.2) is 4.39 Å². The molecule has 3 rings (SSSR count). The fourth-order valence-corrected chi connectivity index (χ4v) is 4.09. The van der Waals surface area contributed by atoms with Crippen molar-refractivity contribution in [3.05, 3.63) is 63.9 Å². The fourth-order valence-electron chi connectivity index (χ4n) is 3.61. The van der Waals surface area contributed by atoms with Gasteiger partial charge in [0.25, 0.3) is 0 Å². The highest BCUT2D eigenvalue weighted by molar-refractivity contribution is 9.10. The summed E-state index contributed by atoms with van der Waals surface area (Å²) in [7, 11) is 1.76. The number of hydrogen-bond acceptors (Lipinski definition) is 4. The number of aryl methyl sites for hydroxylation is 1. The molecule has 1 heterocycles. The Hall–Kier alpha value is -2.29. The number of benzene rings is 2. The van der Waals surface area contributed by atoms with E-state index in [0.29, 0.717) is 38.3 Å².